The molecule has 1 heterocycles. The van der Waals surface area contributed by atoms with Crippen LogP contribution in [0.5, 0.6) is 0 Å². The molecule has 0 aliphatic carbocycles. The number of rotatable bonds is 8. The molecule has 2 N–H and O–H groups in total. The summed E-state index contributed by atoms with van der Waals surface area (Å²) in [7, 11) is -4.05. The van der Waals surface area contributed by atoms with Crippen molar-refractivity contribution in [2.45, 2.75) is 17.4 Å². The van der Waals surface area contributed by atoms with Crippen molar-refractivity contribution in [3.8, 4) is 0 Å². The fraction of sp³-hybridized carbons (Fsp3) is 0.136. The average molecular weight is 487 g/mol. The van der Waals surface area contributed by atoms with E-state index < -0.39 is 22.0 Å². The van der Waals surface area contributed by atoms with Crippen molar-refractivity contribution in [1.29, 1.82) is 0 Å². The van der Waals surface area contributed by atoms with E-state index in [0.717, 1.165) is 17.3 Å². The first-order valence-electron chi connectivity index (χ1n) is 9.75. The van der Waals surface area contributed by atoms with Crippen LogP contribution in [0, 0.1) is 0 Å². The molecule has 1 amide bonds. The van der Waals surface area contributed by atoms with Gasteiger partial charge in [-0.1, -0.05) is 60.1 Å². The van der Waals surface area contributed by atoms with E-state index in [9.17, 15) is 13.2 Å². The largest absolute Gasteiger partial charge is 0.354 e. The third-order valence-electron chi connectivity index (χ3n) is 4.83. The lowest BCUT2D eigenvalue weighted by atomic mass is 10.1. The van der Waals surface area contributed by atoms with Crippen molar-refractivity contribution in [2.75, 3.05) is 6.54 Å². The zero-order valence-electron chi connectivity index (χ0n) is 16.7. The summed E-state index contributed by atoms with van der Waals surface area (Å²) in [4.78, 5) is 13.0. The molecule has 0 saturated carbocycles. The second kappa shape index (κ2) is 9.74. The van der Waals surface area contributed by atoms with Gasteiger partial charge < -0.3 is 5.32 Å². The summed E-state index contributed by atoms with van der Waals surface area (Å²) in [5.74, 6) is -0.447. The molecule has 0 unspecified atom stereocenters. The quantitative estimate of drug-likeness (QED) is 0.395. The van der Waals surface area contributed by atoms with Gasteiger partial charge in [-0.15, -0.1) is 0 Å². The molecular weight excluding hydrogens is 468 g/mol. The fourth-order valence-corrected chi connectivity index (χ4v) is 5.29. The van der Waals surface area contributed by atoms with Crippen LogP contribution in [0.15, 0.2) is 77.7 Å². The molecule has 1 aromatic heterocycles. The first-order valence-corrected chi connectivity index (χ1v) is 12.3. The van der Waals surface area contributed by atoms with Gasteiger partial charge >= 0.3 is 0 Å². The van der Waals surface area contributed by atoms with Crippen LogP contribution in [0.1, 0.15) is 17.2 Å². The average Bonchev–Trinajstić information content (AvgIpc) is 3.28. The molecule has 0 bridgehead atoms. The molecule has 0 aliphatic rings. The van der Waals surface area contributed by atoms with Crippen LogP contribution >= 0.6 is 23.3 Å². The molecule has 0 radical (unpaired) electrons. The summed E-state index contributed by atoms with van der Waals surface area (Å²) in [5, 5.41) is 3.47. The SMILES string of the molecule is O=C(NCCc1ccc(Cl)cc1)[C@H](NS(=O)(=O)c1cccc2nsnc12)c1ccccc1. The smallest absolute Gasteiger partial charge is 0.243 e. The van der Waals surface area contributed by atoms with Crippen LogP contribution in [0.3, 0.4) is 0 Å². The predicted octanol–water partition coefficient (Wildman–Crippen LogP) is 3.72. The van der Waals surface area contributed by atoms with Crippen molar-refractivity contribution in [3.63, 3.8) is 0 Å². The molecule has 10 heteroatoms. The summed E-state index contributed by atoms with van der Waals surface area (Å²) >= 11 is 6.84. The van der Waals surface area contributed by atoms with Crippen molar-refractivity contribution in [2.24, 2.45) is 0 Å². The first kappa shape index (κ1) is 22.3. The second-order valence-electron chi connectivity index (χ2n) is 7.02. The number of benzene rings is 3. The summed E-state index contributed by atoms with van der Waals surface area (Å²) in [5.41, 5.74) is 2.31. The summed E-state index contributed by atoms with van der Waals surface area (Å²) in [6.07, 6.45) is 0.584. The Kier molecular flexibility index (Phi) is 6.80. The van der Waals surface area contributed by atoms with Crippen LogP contribution in [-0.2, 0) is 21.2 Å². The Bertz CT molecular complexity index is 1330. The van der Waals surface area contributed by atoms with Crippen LogP contribution < -0.4 is 10.0 Å². The minimum Gasteiger partial charge on any atom is -0.354 e. The van der Waals surface area contributed by atoms with Gasteiger partial charge in [0.05, 0.1) is 11.7 Å². The van der Waals surface area contributed by atoms with Gasteiger partial charge in [0.25, 0.3) is 0 Å². The van der Waals surface area contributed by atoms with Gasteiger partial charge in [-0.3, -0.25) is 4.79 Å². The van der Waals surface area contributed by atoms with Crippen molar-refractivity contribution in [3.05, 3.63) is 88.9 Å². The number of fused-ring (bicyclic) bond motifs is 1. The van der Waals surface area contributed by atoms with Crippen LogP contribution in [-0.4, -0.2) is 29.6 Å². The molecule has 7 nitrogen and oxygen atoms in total. The van der Waals surface area contributed by atoms with E-state index >= 15 is 0 Å². The normalized spacial score (nSPS) is 12.5. The third kappa shape index (κ3) is 5.13. The van der Waals surface area contributed by atoms with E-state index in [4.69, 9.17) is 11.6 Å². The molecule has 3 aromatic carbocycles. The van der Waals surface area contributed by atoms with Gasteiger partial charge in [0, 0.05) is 11.6 Å². The molecule has 1 atom stereocenters. The van der Waals surface area contributed by atoms with Crippen molar-refractivity contribution in [1.82, 2.24) is 18.8 Å². The minimum absolute atomic E-state index is 0.0151. The number of hydrogen-bond acceptors (Lipinski definition) is 6. The zero-order valence-corrected chi connectivity index (χ0v) is 19.1. The number of hydrogen-bond donors (Lipinski definition) is 2. The van der Waals surface area contributed by atoms with E-state index in [0.29, 0.717) is 29.1 Å². The van der Waals surface area contributed by atoms with Gasteiger partial charge in [-0.05, 0) is 41.8 Å². The first-order chi connectivity index (χ1) is 15.4. The number of carbonyl (C=O) groups excluding carboxylic acids is 1. The maximum absolute atomic E-state index is 13.2. The minimum atomic E-state index is -4.05. The highest BCUT2D eigenvalue weighted by molar-refractivity contribution is 7.89. The Morgan fingerprint density at radius 1 is 0.969 bits per heavy atom. The molecular formula is C22H19ClN4O3S2. The lowest BCUT2D eigenvalue weighted by molar-refractivity contribution is -0.122. The van der Waals surface area contributed by atoms with Crippen LogP contribution in [0.4, 0.5) is 0 Å². The summed E-state index contributed by atoms with van der Waals surface area (Å²) in [6, 6.07) is 19.7. The lowest BCUT2D eigenvalue weighted by Gasteiger charge is -2.19. The topological polar surface area (TPSA) is 101 Å². The zero-order chi connectivity index (χ0) is 22.6. The molecule has 0 aliphatic heterocycles. The molecule has 0 spiro atoms. The molecule has 0 fully saturated rings. The highest BCUT2D eigenvalue weighted by atomic mass is 35.5. The van der Waals surface area contributed by atoms with Crippen LogP contribution in [0.25, 0.3) is 11.0 Å². The Hall–Kier alpha value is -2.85. The van der Waals surface area contributed by atoms with E-state index in [1.165, 1.54) is 6.07 Å². The monoisotopic (exact) mass is 486 g/mol. The summed E-state index contributed by atoms with van der Waals surface area (Å²) in [6.45, 7) is 0.344. The standard InChI is InChI=1S/C22H19ClN4O3S2/c23-17-11-9-15(10-12-17)13-14-24-22(28)20(16-5-2-1-3-6-16)27-32(29,30)19-8-4-7-18-21(19)26-31-25-18/h1-12,20,27H,13-14H2,(H,24,28)/t20-/m1/s1. The molecule has 32 heavy (non-hydrogen) atoms. The van der Waals surface area contributed by atoms with Crippen molar-refractivity contribution >= 4 is 50.3 Å². The highest BCUT2D eigenvalue weighted by Crippen LogP contribution is 2.23. The van der Waals surface area contributed by atoms with Gasteiger partial charge in [0.1, 0.15) is 22.0 Å². The lowest BCUT2D eigenvalue weighted by Crippen LogP contribution is -2.41. The fourth-order valence-electron chi connectivity index (χ4n) is 3.22. The van der Waals surface area contributed by atoms with E-state index in [1.54, 1.807) is 54.6 Å². The Labute approximate surface area is 194 Å². The van der Waals surface area contributed by atoms with E-state index in [1.807, 2.05) is 12.1 Å². The molecule has 4 aromatic rings. The van der Waals surface area contributed by atoms with Gasteiger partial charge in [-0.2, -0.15) is 13.5 Å². The number of nitrogens with one attached hydrogen (secondary N) is 2. The maximum atomic E-state index is 13.2. The number of halogens is 1. The molecule has 4 rings (SSSR count). The molecule has 164 valence electrons. The van der Waals surface area contributed by atoms with E-state index in [2.05, 4.69) is 18.8 Å². The van der Waals surface area contributed by atoms with Gasteiger partial charge in [0.15, 0.2) is 0 Å². The summed E-state index contributed by atoms with van der Waals surface area (Å²) < 4.78 is 37.1. The maximum Gasteiger partial charge on any atom is 0.243 e. The van der Waals surface area contributed by atoms with Gasteiger partial charge in [-0.25, -0.2) is 8.42 Å². The predicted molar refractivity (Wildman–Crippen MR) is 125 cm³/mol. The third-order valence-corrected chi connectivity index (χ3v) is 7.08. The number of amides is 1. The Balaban J connectivity index is 1.55. The highest BCUT2D eigenvalue weighted by Gasteiger charge is 2.29. The molecule has 0 saturated heterocycles. The number of carbonyl (C=O) groups is 1. The van der Waals surface area contributed by atoms with E-state index in [-0.39, 0.29) is 10.4 Å². The Morgan fingerprint density at radius 3 is 2.47 bits per heavy atom. The Morgan fingerprint density at radius 2 is 1.72 bits per heavy atom. The van der Waals surface area contributed by atoms with Crippen LogP contribution in [0.2, 0.25) is 5.02 Å². The number of sulfonamides is 1. The number of aromatic nitrogens is 2. The van der Waals surface area contributed by atoms with Crippen molar-refractivity contribution < 1.29 is 13.2 Å². The van der Waals surface area contributed by atoms with Gasteiger partial charge in [0.2, 0.25) is 15.9 Å². The number of nitrogens with zero attached hydrogens (tertiary/aromatic N) is 2. The second-order valence-corrected chi connectivity index (χ2v) is 9.67.